The normalized spacial score (nSPS) is 26.2. The van der Waals surface area contributed by atoms with Gasteiger partial charge < -0.3 is 4.98 Å². The summed E-state index contributed by atoms with van der Waals surface area (Å²) in [6.07, 6.45) is 3.99. The SMILES string of the molecule is CC1CCCC1c1nc2ccccc2[nH]1. The van der Waals surface area contributed by atoms with Gasteiger partial charge in [0.1, 0.15) is 5.82 Å². The fourth-order valence-corrected chi connectivity index (χ4v) is 2.70. The van der Waals surface area contributed by atoms with Crippen LogP contribution in [0.15, 0.2) is 24.3 Å². The first-order chi connectivity index (χ1) is 7.34. The summed E-state index contributed by atoms with van der Waals surface area (Å²) in [6, 6.07) is 8.29. The lowest BCUT2D eigenvalue weighted by Crippen LogP contribution is -2.03. The van der Waals surface area contributed by atoms with Gasteiger partial charge in [0.25, 0.3) is 0 Å². The largest absolute Gasteiger partial charge is 0.342 e. The molecule has 2 nitrogen and oxygen atoms in total. The van der Waals surface area contributed by atoms with Gasteiger partial charge in [-0.25, -0.2) is 4.98 Å². The van der Waals surface area contributed by atoms with Crippen molar-refractivity contribution in [3.63, 3.8) is 0 Å². The lowest BCUT2D eigenvalue weighted by Gasteiger charge is -2.11. The number of rotatable bonds is 1. The van der Waals surface area contributed by atoms with Gasteiger partial charge in [-0.15, -0.1) is 0 Å². The molecule has 0 amide bonds. The number of benzene rings is 1. The first-order valence-corrected chi connectivity index (χ1v) is 5.79. The Hall–Kier alpha value is -1.31. The number of hydrogen-bond donors (Lipinski definition) is 1. The van der Waals surface area contributed by atoms with Crippen LogP contribution in [0.25, 0.3) is 11.0 Å². The maximum Gasteiger partial charge on any atom is 0.110 e. The van der Waals surface area contributed by atoms with Gasteiger partial charge in [-0.1, -0.05) is 25.5 Å². The van der Waals surface area contributed by atoms with E-state index in [0.29, 0.717) is 5.92 Å². The monoisotopic (exact) mass is 200 g/mol. The van der Waals surface area contributed by atoms with E-state index in [1.807, 2.05) is 6.07 Å². The van der Waals surface area contributed by atoms with Crippen molar-refractivity contribution >= 4 is 11.0 Å². The molecule has 2 aromatic rings. The zero-order valence-electron chi connectivity index (χ0n) is 9.03. The summed E-state index contributed by atoms with van der Waals surface area (Å²) in [5.74, 6) is 2.63. The van der Waals surface area contributed by atoms with Crippen LogP contribution in [-0.2, 0) is 0 Å². The molecule has 0 saturated heterocycles. The lowest BCUT2D eigenvalue weighted by molar-refractivity contribution is 0.514. The molecule has 2 heteroatoms. The fourth-order valence-electron chi connectivity index (χ4n) is 2.70. The molecule has 78 valence electrons. The number of hydrogen-bond acceptors (Lipinski definition) is 1. The Morgan fingerprint density at radius 3 is 2.87 bits per heavy atom. The van der Waals surface area contributed by atoms with E-state index >= 15 is 0 Å². The third-order valence-electron chi connectivity index (χ3n) is 3.62. The van der Waals surface area contributed by atoms with Crippen LogP contribution in [0.3, 0.4) is 0 Å². The van der Waals surface area contributed by atoms with Gasteiger partial charge in [-0.05, 0) is 30.9 Å². The number of nitrogens with zero attached hydrogens (tertiary/aromatic N) is 1. The number of H-pyrrole nitrogens is 1. The molecule has 1 aromatic heterocycles. The van der Waals surface area contributed by atoms with Crippen molar-refractivity contribution < 1.29 is 0 Å². The molecule has 0 bridgehead atoms. The van der Waals surface area contributed by atoms with Gasteiger partial charge in [0, 0.05) is 5.92 Å². The molecule has 1 heterocycles. The highest BCUT2D eigenvalue weighted by molar-refractivity contribution is 5.74. The average Bonchev–Trinajstić information content (AvgIpc) is 2.82. The van der Waals surface area contributed by atoms with E-state index in [4.69, 9.17) is 0 Å². The molecular weight excluding hydrogens is 184 g/mol. The molecule has 0 spiro atoms. The second kappa shape index (κ2) is 3.37. The Morgan fingerprint density at radius 2 is 2.13 bits per heavy atom. The lowest BCUT2D eigenvalue weighted by atomic mass is 9.98. The van der Waals surface area contributed by atoms with Gasteiger partial charge in [0.05, 0.1) is 11.0 Å². The summed E-state index contributed by atoms with van der Waals surface area (Å²) < 4.78 is 0. The van der Waals surface area contributed by atoms with Gasteiger partial charge in [0.2, 0.25) is 0 Å². The molecule has 15 heavy (non-hydrogen) atoms. The smallest absolute Gasteiger partial charge is 0.110 e. The molecule has 0 aliphatic heterocycles. The molecule has 1 saturated carbocycles. The van der Waals surface area contributed by atoms with E-state index in [2.05, 4.69) is 35.1 Å². The van der Waals surface area contributed by atoms with Crippen molar-refractivity contribution in [3.8, 4) is 0 Å². The second-order valence-electron chi connectivity index (χ2n) is 4.65. The van der Waals surface area contributed by atoms with Crippen LogP contribution in [0.5, 0.6) is 0 Å². The summed E-state index contributed by atoms with van der Waals surface area (Å²) in [6.45, 7) is 2.34. The first kappa shape index (κ1) is 8.96. The zero-order valence-corrected chi connectivity index (χ0v) is 9.03. The van der Waals surface area contributed by atoms with Crippen molar-refractivity contribution in [2.75, 3.05) is 0 Å². The Morgan fingerprint density at radius 1 is 1.27 bits per heavy atom. The van der Waals surface area contributed by atoms with E-state index in [1.165, 1.54) is 30.6 Å². The maximum absolute atomic E-state index is 4.69. The van der Waals surface area contributed by atoms with Crippen LogP contribution in [0.2, 0.25) is 0 Å². The second-order valence-corrected chi connectivity index (χ2v) is 4.65. The molecule has 2 unspecified atom stereocenters. The molecule has 1 aliphatic rings. The van der Waals surface area contributed by atoms with E-state index in [0.717, 1.165) is 11.4 Å². The minimum atomic E-state index is 0.650. The minimum absolute atomic E-state index is 0.650. The van der Waals surface area contributed by atoms with Crippen molar-refractivity contribution in [1.82, 2.24) is 9.97 Å². The van der Waals surface area contributed by atoms with Crippen LogP contribution in [0.1, 0.15) is 37.9 Å². The molecule has 1 aliphatic carbocycles. The topological polar surface area (TPSA) is 28.7 Å². The van der Waals surface area contributed by atoms with Gasteiger partial charge >= 0.3 is 0 Å². The Balaban J connectivity index is 2.04. The van der Waals surface area contributed by atoms with E-state index in [-0.39, 0.29) is 0 Å². The zero-order chi connectivity index (χ0) is 10.3. The molecule has 1 aromatic carbocycles. The summed E-state index contributed by atoms with van der Waals surface area (Å²) in [5.41, 5.74) is 2.28. The predicted molar refractivity (Wildman–Crippen MR) is 61.8 cm³/mol. The number of aromatic nitrogens is 2. The highest BCUT2D eigenvalue weighted by Gasteiger charge is 2.27. The average molecular weight is 200 g/mol. The van der Waals surface area contributed by atoms with E-state index in [9.17, 15) is 0 Å². The number of aromatic amines is 1. The van der Waals surface area contributed by atoms with Crippen molar-refractivity contribution in [2.45, 2.75) is 32.1 Å². The van der Waals surface area contributed by atoms with Crippen LogP contribution < -0.4 is 0 Å². The number of para-hydroxylation sites is 2. The first-order valence-electron chi connectivity index (χ1n) is 5.79. The van der Waals surface area contributed by atoms with Gasteiger partial charge in [0.15, 0.2) is 0 Å². The molecule has 1 fully saturated rings. The quantitative estimate of drug-likeness (QED) is 0.750. The van der Waals surface area contributed by atoms with Crippen LogP contribution in [0, 0.1) is 5.92 Å². The Bertz CT molecular complexity index is 439. The molecular formula is C13H16N2. The summed E-state index contributed by atoms with van der Waals surface area (Å²) in [7, 11) is 0. The van der Waals surface area contributed by atoms with E-state index < -0.39 is 0 Å². The minimum Gasteiger partial charge on any atom is -0.342 e. The summed E-state index contributed by atoms with van der Waals surface area (Å²) in [4.78, 5) is 8.15. The standard InChI is InChI=1S/C13H16N2/c1-9-5-4-6-10(9)13-14-11-7-2-3-8-12(11)15-13/h2-3,7-10H,4-6H2,1H3,(H,14,15). The van der Waals surface area contributed by atoms with Crippen molar-refractivity contribution in [2.24, 2.45) is 5.92 Å². The predicted octanol–water partition coefficient (Wildman–Crippen LogP) is 3.47. The van der Waals surface area contributed by atoms with Gasteiger partial charge in [-0.2, -0.15) is 0 Å². The van der Waals surface area contributed by atoms with Crippen molar-refractivity contribution in [1.29, 1.82) is 0 Å². The maximum atomic E-state index is 4.69. The van der Waals surface area contributed by atoms with Crippen LogP contribution >= 0.6 is 0 Å². The number of fused-ring (bicyclic) bond motifs is 1. The van der Waals surface area contributed by atoms with E-state index in [1.54, 1.807) is 0 Å². The molecule has 1 N–H and O–H groups in total. The summed E-state index contributed by atoms with van der Waals surface area (Å²) in [5, 5.41) is 0. The number of imidazole rings is 1. The van der Waals surface area contributed by atoms with Gasteiger partial charge in [-0.3, -0.25) is 0 Å². The Labute approximate surface area is 89.7 Å². The van der Waals surface area contributed by atoms with Crippen molar-refractivity contribution in [3.05, 3.63) is 30.1 Å². The Kier molecular flexibility index (Phi) is 2.01. The highest BCUT2D eigenvalue weighted by atomic mass is 14.9. The molecule has 0 radical (unpaired) electrons. The third kappa shape index (κ3) is 1.44. The fraction of sp³-hybridized carbons (Fsp3) is 0.462. The highest BCUT2D eigenvalue weighted by Crippen LogP contribution is 2.38. The van der Waals surface area contributed by atoms with Crippen LogP contribution in [0.4, 0.5) is 0 Å². The molecule has 2 atom stereocenters. The molecule has 3 rings (SSSR count). The van der Waals surface area contributed by atoms with Crippen LogP contribution in [-0.4, -0.2) is 9.97 Å². The summed E-state index contributed by atoms with van der Waals surface area (Å²) >= 11 is 0. The number of nitrogens with one attached hydrogen (secondary N) is 1. The third-order valence-corrected chi connectivity index (χ3v) is 3.62.